The van der Waals surface area contributed by atoms with Crippen molar-refractivity contribution in [2.75, 3.05) is 0 Å². The Balaban J connectivity index is 2.26. The van der Waals surface area contributed by atoms with Gasteiger partial charge in [-0.1, -0.05) is 0 Å². The first kappa shape index (κ1) is 14.8. The molecule has 0 nitrogen and oxygen atoms in total. The third-order valence-corrected chi connectivity index (χ3v) is 3.78. The fraction of sp³-hybridized carbons (Fsp3) is 0.467. The van der Waals surface area contributed by atoms with Crippen LogP contribution in [0.3, 0.4) is 0 Å². The van der Waals surface area contributed by atoms with Crippen LogP contribution < -0.4 is 0 Å². The molecule has 0 aromatic heterocycles. The van der Waals surface area contributed by atoms with Gasteiger partial charge in [0.05, 0.1) is 0 Å². The van der Waals surface area contributed by atoms with Crippen molar-refractivity contribution >= 4 is 0 Å². The summed E-state index contributed by atoms with van der Waals surface area (Å²) in [6.45, 7) is 0. The third-order valence-electron chi connectivity index (χ3n) is 3.78. The van der Waals surface area contributed by atoms with Gasteiger partial charge >= 0.3 is 6.18 Å². The van der Waals surface area contributed by atoms with E-state index in [1.165, 1.54) is 0 Å². The smallest absolute Gasteiger partial charge is 0.206 e. The molecule has 0 aliphatic heterocycles. The minimum Gasteiger partial charge on any atom is -0.206 e. The maximum Gasteiger partial charge on any atom is 0.422 e. The van der Waals surface area contributed by atoms with Gasteiger partial charge in [-0.15, -0.1) is 12.3 Å². The highest BCUT2D eigenvalue weighted by atomic mass is 19.4. The monoisotopic (exact) mass is 288 g/mol. The lowest BCUT2D eigenvalue weighted by Crippen LogP contribution is -2.15. The van der Waals surface area contributed by atoms with Crippen LogP contribution in [0.25, 0.3) is 0 Å². The van der Waals surface area contributed by atoms with Crippen LogP contribution in [0.15, 0.2) is 12.1 Å². The standard InChI is InChI=1S/C15H13F5/c1-2-9-3-5-10(6-4-9)11-7-12(16)14(13(17)8-11)15(18,19)20/h1,7-10H,3-6H2. The molecular formula is C15H13F5. The number of alkyl halides is 3. The molecule has 5 heteroatoms. The highest BCUT2D eigenvalue weighted by Crippen LogP contribution is 2.39. The molecule has 1 aliphatic carbocycles. The number of hydrogen-bond acceptors (Lipinski definition) is 0. The zero-order chi connectivity index (χ0) is 14.9. The van der Waals surface area contributed by atoms with Gasteiger partial charge in [-0.05, 0) is 49.3 Å². The number of rotatable bonds is 1. The van der Waals surface area contributed by atoms with Crippen molar-refractivity contribution in [2.24, 2.45) is 5.92 Å². The molecule has 0 spiro atoms. The van der Waals surface area contributed by atoms with Crippen molar-refractivity contribution in [1.82, 2.24) is 0 Å². The Hall–Kier alpha value is -1.57. The maximum absolute atomic E-state index is 13.5. The Bertz CT molecular complexity index is 507. The summed E-state index contributed by atoms with van der Waals surface area (Å²) in [6, 6.07) is 1.60. The zero-order valence-electron chi connectivity index (χ0n) is 10.6. The summed E-state index contributed by atoms with van der Waals surface area (Å²) in [6.07, 6.45) is 3.02. The SMILES string of the molecule is C#CC1CCC(c2cc(F)c(C(F)(F)F)c(F)c2)CC1. The summed E-state index contributed by atoms with van der Waals surface area (Å²) in [4.78, 5) is 0. The second kappa shape index (κ2) is 5.43. The number of hydrogen-bond donors (Lipinski definition) is 0. The van der Waals surface area contributed by atoms with E-state index in [1.807, 2.05) is 0 Å². The molecule has 1 fully saturated rings. The minimum absolute atomic E-state index is 0.133. The quantitative estimate of drug-likeness (QED) is 0.510. The highest BCUT2D eigenvalue weighted by Gasteiger charge is 2.38. The predicted octanol–water partition coefficient (Wildman–Crippen LogP) is 4.89. The Morgan fingerprint density at radius 2 is 1.50 bits per heavy atom. The molecule has 1 aliphatic rings. The predicted molar refractivity (Wildman–Crippen MR) is 64.9 cm³/mol. The van der Waals surface area contributed by atoms with Crippen LogP contribution in [0, 0.1) is 29.9 Å². The Morgan fingerprint density at radius 3 is 1.90 bits per heavy atom. The topological polar surface area (TPSA) is 0 Å². The van der Waals surface area contributed by atoms with E-state index in [1.54, 1.807) is 0 Å². The van der Waals surface area contributed by atoms with E-state index in [2.05, 4.69) is 5.92 Å². The molecule has 0 amide bonds. The summed E-state index contributed by atoms with van der Waals surface area (Å²) in [5, 5.41) is 0. The first-order chi connectivity index (χ1) is 9.32. The molecule has 0 unspecified atom stereocenters. The molecule has 0 radical (unpaired) electrons. The molecule has 1 aromatic carbocycles. The van der Waals surface area contributed by atoms with Crippen LogP contribution in [0.1, 0.15) is 42.7 Å². The van der Waals surface area contributed by atoms with Gasteiger partial charge in [-0.3, -0.25) is 0 Å². The van der Waals surface area contributed by atoms with Crippen molar-refractivity contribution in [2.45, 2.75) is 37.8 Å². The van der Waals surface area contributed by atoms with Crippen molar-refractivity contribution < 1.29 is 22.0 Å². The molecule has 0 bridgehead atoms. The van der Waals surface area contributed by atoms with E-state index < -0.39 is 23.4 Å². The van der Waals surface area contributed by atoms with E-state index in [4.69, 9.17) is 6.42 Å². The molecule has 20 heavy (non-hydrogen) atoms. The molecule has 0 N–H and O–H groups in total. The fourth-order valence-electron chi connectivity index (χ4n) is 2.69. The second-order valence-corrected chi connectivity index (χ2v) is 5.07. The van der Waals surface area contributed by atoms with Crippen LogP contribution in [0.4, 0.5) is 22.0 Å². The van der Waals surface area contributed by atoms with E-state index in [0.29, 0.717) is 12.8 Å². The van der Waals surface area contributed by atoms with Crippen LogP contribution in [0.5, 0.6) is 0 Å². The average molecular weight is 288 g/mol. The Labute approximate surface area is 114 Å². The largest absolute Gasteiger partial charge is 0.422 e. The lowest BCUT2D eigenvalue weighted by Gasteiger charge is -2.26. The van der Waals surface area contributed by atoms with Gasteiger partial charge in [0.15, 0.2) is 0 Å². The average Bonchev–Trinajstić information content (AvgIpc) is 2.36. The zero-order valence-corrected chi connectivity index (χ0v) is 10.6. The first-order valence-electron chi connectivity index (χ1n) is 6.35. The summed E-state index contributed by atoms with van der Waals surface area (Å²) in [5.41, 5.74) is -1.54. The lowest BCUT2D eigenvalue weighted by atomic mass is 9.79. The summed E-state index contributed by atoms with van der Waals surface area (Å²) in [7, 11) is 0. The molecule has 2 rings (SSSR count). The van der Waals surface area contributed by atoms with E-state index in [0.717, 1.165) is 25.0 Å². The third kappa shape index (κ3) is 2.95. The molecule has 1 saturated carbocycles. The second-order valence-electron chi connectivity index (χ2n) is 5.07. The molecule has 0 atom stereocenters. The van der Waals surface area contributed by atoms with Gasteiger partial charge in [0.2, 0.25) is 0 Å². The summed E-state index contributed by atoms with van der Waals surface area (Å²) >= 11 is 0. The molecular weight excluding hydrogens is 275 g/mol. The van der Waals surface area contributed by atoms with Crippen LogP contribution >= 0.6 is 0 Å². The van der Waals surface area contributed by atoms with Gasteiger partial charge in [0, 0.05) is 5.92 Å². The van der Waals surface area contributed by atoms with Gasteiger partial charge in [0.25, 0.3) is 0 Å². The number of halogens is 5. The number of terminal acetylenes is 1. The van der Waals surface area contributed by atoms with Gasteiger partial charge < -0.3 is 0 Å². The molecule has 0 heterocycles. The highest BCUT2D eigenvalue weighted by molar-refractivity contribution is 5.31. The minimum atomic E-state index is -5.02. The molecule has 1 aromatic rings. The lowest BCUT2D eigenvalue weighted by molar-refractivity contribution is -0.142. The van der Waals surface area contributed by atoms with Crippen molar-refractivity contribution in [3.63, 3.8) is 0 Å². The van der Waals surface area contributed by atoms with E-state index in [9.17, 15) is 22.0 Å². The van der Waals surface area contributed by atoms with Crippen LogP contribution in [-0.2, 0) is 6.18 Å². The summed E-state index contributed by atoms with van der Waals surface area (Å²) in [5.74, 6) is -0.453. The van der Waals surface area contributed by atoms with Crippen LogP contribution in [-0.4, -0.2) is 0 Å². The van der Waals surface area contributed by atoms with E-state index in [-0.39, 0.29) is 17.4 Å². The maximum atomic E-state index is 13.5. The summed E-state index contributed by atoms with van der Waals surface area (Å²) < 4.78 is 64.5. The van der Waals surface area contributed by atoms with Gasteiger partial charge in [0.1, 0.15) is 17.2 Å². The molecule has 108 valence electrons. The normalized spacial score (nSPS) is 23.4. The van der Waals surface area contributed by atoms with Gasteiger partial charge in [-0.2, -0.15) is 13.2 Å². The fourth-order valence-corrected chi connectivity index (χ4v) is 2.69. The molecule has 0 saturated heterocycles. The van der Waals surface area contributed by atoms with Crippen LogP contribution in [0.2, 0.25) is 0 Å². The van der Waals surface area contributed by atoms with Crippen molar-refractivity contribution in [3.05, 3.63) is 34.9 Å². The van der Waals surface area contributed by atoms with Gasteiger partial charge in [-0.25, -0.2) is 8.78 Å². The van der Waals surface area contributed by atoms with Crippen molar-refractivity contribution in [1.29, 1.82) is 0 Å². The Kier molecular flexibility index (Phi) is 4.03. The van der Waals surface area contributed by atoms with E-state index >= 15 is 0 Å². The number of benzene rings is 1. The first-order valence-corrected chi connectivity index (χ1v) is 6.35. The Morgan fingerprint density at radius 1 is 1.00 bits per heavy atom. The van der Waals surface area contributed by atoms with Crippen molar-refractivity contribution in [3.8, 4) is 12.3 Å².